The van der Waals surface area contributed by atoms with Gasteiger partial charge in [-0.1, -0.05) is 6.92 Å². The van der Waals surface area contributed by atoms with E-state index in [-0.39, 0.29) is 16.8 Å². The van der Waals surface area contributed by atoms with E-state index in [1.165, 1.54) is 12.8 Å². The highest BCUT2D eigenvalue weighted by Crippen LogP contribution is 2.23. The lowest BCUT2D eigenvalue weighted by Crippen LogP contribution is -2.45. The standard InChI is InChI=1S/C20H31N3O3S/c1-16-10-13-22(14-11-16)17(2)15-21-27(25,26)19-8-6-18(7-9-19)23-12-4-3-5-20(23)24/h6-9,16-17,21H,3-5,10-15H2,1-2H3. The summed E-state index contributed by atoms with van der Waals surface area (Å²) in [5, 5.41) is 0. The van der Waals surface area contributed by atoms with E-state index in [1.54, 1.807) is 29.2 Å². The van der Waals surface area contributed by atoms with E-state index in [9.17, 15) is 13.2 Å². The molecular formula is C20H31N3O3S. The maximum absolute atomic E-state index is 12.6. The van der Waals surface area contributed by atoms with Crippen LogP contribution in [0.2, 0.25) is 0 Å². The van der Waals surface area contributed by atoms with Crippen molar-refractivity contribution in [1.82, 2.24) is 9.62 Å². The average Bonchev–Trinajstić information content (AvgIpc) is 2.67. The molecule has 1 amide bonds. The fourth-order valence-electron chi connectivity index (χ4n) is 3.80. The topological polar surface area (TPSA) is 69.7 Å². The van der Waals surface area contributed by atoms with Gasteiger partial charge in [0.05, 0.1) is 4.90 Å². The first-order valence-electron chi connectivity index (χ1n) is 10.0. The van der Waals surface area contributed by atoms with Crippen LogP contribution in [0.3, 0.4) is 0 Å². The second kappa shape index (κ2) is 8.71. The highest BCUT2D eigenvalue weighted by Gasteiger charge is 2.23. The van der Waals surface area contributed by atoms with Crippen molar-refractivity contribution in [3.8, 4) is 0 Å². The maximum atomic E-state index is 12.6. The zero-order valence-corrected chi connectivity index (χ0v) is 17.2. The second-order valence-electron chi connectivity index (χ2n) is 7.92. The predicted molar refractivity (Wildman–Crippen MR) is 107 cm³/mol. The molecule has 27 heavy (non-hydrogen) atoms. The van der Waals surface area contributed by atoms with Crippen molar-refractivity contribution in [2.75, 3.05) is 31.1 Å². The summed E-state index contributed by atoms with van der Waals surface area (Å²) in [4.78, 5) is 16.4. The molecule has 0 bridgehead atoms. The Morgan fingerprint density at radius 3 is 2.41 bits per heavy atom. The first-order valence-corrected chi connectivity index (χ1v) is 11.5. The van der Waals surface area contributed by atoms with Crippen molar-refractivity contribution >= 4 is 21.6 Å². The molecule has 3 rings (SSSR count). The van der Waals surface area contributed by atoms with Crippen molar-refractivity contribution < 1.29 is 13.2 Å². The van der Waals surface area contributed by atoms with Crippen LogP contribution < -0.4 is 9.62 Å². The van der Waals surface area contributed by atoms with Gasteiger partial charge in [-0.2, -0.15) is 0 Å². The Morgan fingerprint density at radius 1 is 1.11 bits per heavy atom. The Hall–Kier alpha value is -1.44. The lowest BCUT2D eigenvalue weighted by atomic mass is 9.98. The van der Waals surface area contributed by atoms with Gasteiger partial charge in [-0.05, 0) is 75.9 Å². The smallest absolute Gasteiger partial charge is 0.240 e. The molecule has 2 saturated heterocycles. The van der Waals surface area contributed by atoms with E-state index in [1.807, 2.05) is 0 Å². The molecule has 1 aromatic carbocycles. The molecule has 0 aromatic heterocycles. The zero-order valence-electron chi connectivity index (χ0n) is 16.4. The molecule has 0 radical (unpaired) electrons. The summed E-state index contributed by atoms with van der Waals surface area (Å²) >= 11 is 0. The number of amides is 1. The number of sulfonamides is 1. The number of hydrogen-bond donors (Lipinski definition) is 1. The third-order valence-corrected chi connectivity index (χ3v) is 7.23. The molecule has 2 fully saturated rings. The third kappa shape index (κ3) is 5.09. The maximum Gasteiger partial charge on any atom is 0.240 e. The number of piperidine rings is 2. The largest absolute Gasteiger partial charge is 0.312 e. The third-order valence-electron chi connectivity index (χ3n) is 5.79. The quantitative estimate of drug-likeness (QED) is 0.807. The Morgan fingerprint density at radius 2 is 1.78 bits per heavy atom. The minimum absolute atomic E-state index is 0.111. The van der Waals surface area contributed by atoms with Gasteiger partial charge in [0, 0.05) is 31.2 Å². The minimum atomic E-state index is -3.55. The number of nitrogens with one attached hydrogen (secondary N) is 1. The molecule has 0 aliphatic carbocycles. The fourth-order valence-corrected chi connectivity index (χ4v) is 4.92. The van der Waals surface area contributed by atoms with E-state index < -0.39 is 10.0 Å². The molecule has 2 heterocycles. The van der Waals surface area contributed by atoms with E-state index in [0.29, 0.717) is 19.5 Å². The highest BCUT2D eigenvalue weighted by atomic mass is 32.2. The SMILES string of the molecule is CC1CCN(C(C)CNS(=O)(=O)c2ccc(N3CCCCC3=O)cc2)CC1. The molecule has 0 saturated carbocycles. The number of nitrogens with zero attached hydrogens (tertiary/aromatic N) is 2. The number of anilines is 1. The van der Waals surface area contributed by atoms with E-state index in [2.05, 4.69) is 23.5 Å². The molecule has 1 N–H and O–H groups in total. The van der Waals surface area contributed by atoms with Crippen LogP contribution in [0.4, 0.5) is 5.69 Å². The van der Waals surface area contributed by atoms with Gasteiger partial charge in [0.1, 0.15) is 0 Å². The summed E-state index contributed by atoms with van der Waals surface area (Å²) < 4.78 is 28.0. The summed E-state index contributed by atoms with van der Waals surface area (Å²) in [5.74, 6) is 0.870. The first kappa shape index (κ1) is 20.3. The molecule has 1 unspecified atom stereocenters. The monoisotopic (exact) mass is 393 g/mol. The number of likely N-dealkylation sites (tertiary alicyclic amines) is 1. The van der Waals surface area contributed by atoms with Gasteiger partial charge >= 0.3 is 0 Å². The minimum Gasteiger partial charge on any atom is -0.312 e. The van der Waals surface area contributed by atoms with Crippen LogP contribution in [0.5, 0.6) is 0 Å². The molecule has 150 valence electrons. The van der Waals surface area contributed by atoms with Gasteiger partial charge < -0.3 is 4.90 Å². The van der Waals surface area contributed by atoms with Crippen LogP contribution in [0.1, 0.15) is 46.0 Å². The van der Waals surface area contributed by atoms with Crippen molar-refractivity contribution in [3.05, 3.63) is 24.3 Å². The summed E-state index contributed by atoms with van der Waals surface area (Å²) in [6.45, 7) is 7.51. The summed E-state index contributed by atoms with van der Waals surface area (Å²) in [5.41, 5.74) is 0.773. The van der Waals surface area contributed by atoms with E-state index in [4.69, 9.17) is 0 Å². The van der Waals surface area contributed by atoms with Crippen LogP contribution in [0.25, 0.3) is 0 Å². The van der Waals surface area contributed by atoms with E-state index in [0.717, 1.165) is 37.5 Å². The number of benzene rings is 1. The van der Waals surface area contributed by atoms with Crippen LogP contribution in [-0.2, 0) is 14.8 Å². The second-order valence-corrected chi connectivity index (χ2v) is 9.68. The molecule has 7 heteroatoms. The molecule has 0 spiro atoms. The number of rotatable bonds is 6. The number of carbonyl (C=O) groups is 1. The van der Waals surface area contributed by atoms with E-state index >= 15 is 0 Å². The Bertz CT molecular complexity index is 740. The molecule has 2 aliphatic heterocycles. The van der Waals surface area contributed by atoms with Crippen molar-refractivity contribution in [2.24, 2.45) is 5.92 Å². The first-order chi connectivity index (χ1) is 12.9. The number of carbonyl (C=O) groups excluding carboxylic acids is 1. The zero-order chi connectivity index (χ0) is 19.4. The van der Waals surface area contributed by atoms with Crippen LogP contribution in [-0.4, -0.2) is 51.4 Å². The lowest BCUT2D eigenvalue weighted by molar-refractivity contribution is -0.119. The van der Waals surface area contributed by atoms with Crippen molar-refractivity contribution in [3.63, 3.8) is 0 Å². The Kier molecular flexibility index (Phi) is 6.55. The normalized spacial score (nSPS) is 21.4. The average molecular weight is 394 g/mol. The highest BCUT2D eigenvalue weighted by molar-refractivity contribution is 7.89. The summed E-state index contributed by atoms with van der Waals surface area (Å²) in [7, 11) is -3.55. The van der Waals surface area contributed by atoms with Gasteiger partial charge in [-0.25, -0.2) is 13.1 Å². The number of hydrogen-bond acceptors (Lipinski definition) is 4. The van der Waals surface area contributed by atoms with Crippen LogP contribution in [0, 0.1) is 5.92 Å². The van der Waals surface area contributed by atoms with Gasteiger partial charge in [0.15, 0.2) is 0 Å². The van der Waals surface area contributed by atoms with Crippen LogP contribution in [0.15, 0.2) is 29.2 Å². The lowest BCUT2D eigenvalue weighted by Gasteiger charge is -2.34. The van der Waals surface area contributed by atoms with Crippen LogP contribution >= 0.6 is 0 Å². The van der Waals surface area contributed by atoms with Crippen molar-refractivity contribution in [1.29, 1.82) is 0 Å². The predicted octanol–water partition coefficient (Wildman–Crippen LogP) is 2.60. The van der Waals surface area contributed by atoms with Gasteiger partial charge in [-0.3, -0.25) is 9.69 Å². The molecule has 1 atom stereocenters. The summed E-state index contributed by atoms with van der Waals surface area (Å²) in [6.07, 6.45) is 4.83. The summed E-state index contributed by atoms with van der Waals surface area (Å²) in [6, 6.07) is 6.82. The Labute approximate surface area is 163 Å². The fraction of sp³-hybridized carbons (Fsp3) is 0.650. The van der Waals surface area contributed by atoms with Gasteiger partial charge in [0.2, 0.25) is 15.9 Å². The molecule has 1 aromatic rings. The molecule has 6 nitrogen and oxygen atoms in total. The van der Waals surface area contributed by atoms with Crippen molar-refractivity contribution in [2.45, 2.75) is 56.9 Å². The van der Waals surface area contributed by atoms with Gasteiger partial charge in [-0.15, -0.1) is 0 Å². The molecular weight excluding hydrogens is 362 g/mol. The Balaban J connectivity index is 1.58. The molecule has 2 aliphatic rings. The van der Waals surface area contributed by atoms with Gasteiger partial charge in [0.25, 0.3) is 0 Å².